The zero-order chi connectivity index (χ0) is 32.7. The number of esters is 3. The van der Waals surface area contributed by atoms with Crippen LogP contribution in [0.25, 0.3) is 0 Å². The van der Waals surface area contributed by atoms with Gasteiger partial charge in [-0.15, -0.1) is 0 Å². The molecular weight excluding hydrogens is 570 g/mol. The number of nitrogens with one attached hydrogen (secondary N) is 3. The van der Waals surface area contributed by atoms with E-state index in [4.69, 9.17) is 14.2 Å². The number of ether oxygens (including phenoxy) is 3. The minimum absolute atomic E-state index is 0.0424. The van der Waals surface area contributed by atoms with E-state index >= 15 is 0 Å². The second-order valence-corrected chi connectivity index (χ2v) is 12.1. The molecule has 236 valence electrons. The first kappa shape index (κ1) is 33.8. The van der Waals surface area contributed by atoms with Gasteiger partial charge in [0.1, 0.15) is 16.6 Å². The van der Waals surface area contributed by atoms with Gasteiger partial charge in [-0.05, 0) is 52.7 Å². The molecule has 1 aliphatic heterocycles. The van der Waals surface area contributed by atoms with Crippen molar-refractivity contribution in [1.82, 2.24) is 16.0 Å². The molecule has 0 spiro atoms. The number of amides is 3. The lowest BCUT2D eigenvalue weighted by Crippen LogP contribution is -2.59. The van der Waals surface area contributed by atoms with Crippen LogP contribution in [-0.2, 0) is 55.8 Å². The fourth-order valence-electron chi connectivity index (χ4n) is 4.21. The molecule has 2 atom stereocenters. The van der Waals surface area contributed by atoms with Crippen molar-refractivity contribution in [3.05, 3.63) is 71.8 Å². The molecule has 0 aliphatic carbocycles. The molecule has 0 bridgehead atoms. The maximum atomic E-state index is 13.5. The Hall–Kier alpha value is -4.74. The molecule has 1 heterocycles. The Balaban J connectivity index is 1.98. The lowest BCUT2D eigenvalue weighted by atomic mass is 10.0. The highest BCUT2D eigenvalue weighted by Crippen LogP contribution is 2.17. The van der Waals surface area contributed by atoms with Gasteiger partial charge in [0.2, 0.25) is 0 Å². The normalized spacial score (nSPS) is 23.0. The van der Waals surface area contributed by atoms with Crippen molar-refractivity contribution in [3.63, 3.8) is 0 Å². The minimum atomic E-state index is -1.68. The van der Waals surface area contributed by atoms with Crippen molar-refractivity contribution in [1.29, 1.82) is 0 Å². The van der Waals surface area contributed by atoms with Crippen molar-refractivity contribution in [2.75, 3.05) is 6.61 Å². The quantitative estimate of drug-likeness (QED) is 0.344. The molecule has 2 aromatic rings. The number of carbonyl (C=O) groups excluding carboxylic acids is 6. The van der Waals surface area contributed by atoms with E-state index in [1.165, 1.54) is 41.5 Å². The van der Waals surface area contributed by atoms with Crippen molar-refractivity contribution < 1.29 is 43.0 Å². The summed E-state index contributed by atoms with van der Waals surface area (Å²) >= 11 is 0. The van der Waals surface area contributed by atoms with Gasteiger partial charge in [0.05, 0.1) is 0 Å². The number of rotatable bonds is 4. The van der Waals surface area contributed by atoms with Crippen molar-refractivity contribution >= 4 is 35.6 Å². The van der Waals surface area contributed by atoms with Crippen LogP contribution in [0.2, 0.25) is 0 Å². The third-order valence-electron chi connectivity index (χ3n) is 6.80. The van der Waals surface area contributed by atoms with E-state index in [0.29, 0.717) is 11.1 Å². The lowest BCUT2D eigenvalue weighted by Gasteiger charge is -2.32. The first-order chi connectivity index (χ1) is 20.5. The maximum absolute atomic E-state index is 13.5. The predicted octanol–water partition coefficient (Wildman–Crippen LogP) is 1.54. The summed E-state index contributed by atoms with van der Waals surface area (Å²) in [5.41, 5.74) is -3.62. The second kappa shape index (κ2) is 13.7. The van der Waals surface area contributed by atoms with E-state index in [9.17, 15) is 28.8 Å². The summed E-state index contributed by atoms with van der Waals surface area (Å²) < 4.78 is 16.4. The number of benzene rings is 2. The Kier molecular flexibility index (Phi) is 10.5. The van der Waals surface area contributed by atoms with Gasteiger partial charge in [-0.25, -0.2) is 14.4 Å². The van der Waals surface area contributed by atoms with Crippen LogP contribution in [0.5, 0.6) is 0 Å². The Morgan fingerprint density at radius 2 is 0.932 bits per heavy atom. The molecule has 44 heavy (non-hydrogen) atoms. The SMILES string of the molecule is CC1(C)NC(=O)[C@H](Cc2ccccc2)OC(=O)C(C)(C)NC(=O)[C@@H](Cc2ccccc2)OC(=O)C(C)(C)NC(=O)COC1=O. The predicted molar refractivity (Wildman–Crippen MR) is 158 cm³/mol. The van der Waals surface area contributed by atoms with Crippen molar-refractivity contribution in [2.24, 2.45) is 0 Å². The summed E-state index contributed by atoms with van der Waals surface area (Å²) in [4.78, 5) is 79.1. The topological polar surface area (TPSA) is 166 Å². The van der Waals surface area contributed by atoms with Crippen LogP contribution < -0.4 is 16.0 Å². The molecule has 1 saturated heterocycles. The molecule has 12 heteroatoms. The van der Waals surface area contributed by atoms with Gasteiger partial charge in [0, 0.05) is 12.8 Å². The molecule has 1 aliphatic rings. The van der Waals surface area contributed by atoms with Gasteiger partial charge in [0.25, 0.3) is 17.7 Å². The average molecular weight is 610 g/mol. The van der Waals surface area contributed by atoms with E-state index in [2.05, 4.69) is 16.0 Å². The first-order valence-corrected chi connectivity index (χ1v) is 14.1. The standard InChI is InChI=1S/C32H39N3O9/c1-30(2)27(39)42-19-24(36)33-31(3,4)28(40)43-23(18-21-15-11-8-12-16-21)26(38)35-32(5,6)29(41)44-22(25(37)34-30)17-20-13-9-7-10-14-20/h7-16,22-23H,17-19H2,1-6H3,(H,33,36)(H,34,37)(H,35,38)/t22-,23+/m0/s1. The molecule has 3 amide bonds. The number of hydrogen-bond acceptors (Lipinski definition) is 9. The van der Waals surface area contributed by atoms with Gasteiger partial charge >= 0.3 is 17.9 Å². The molecule has 0 saturated carbocycles. The van der Waals surface area contributed by atoms with Crippen LogP contribution in [0.1, 0.15) is 52.7 Å². The monoisotopic (exact) mass is 609 g/mol. The highest BCUT2D eigenvalue weighted by atomic mass is 16.6. The molecule has 0 radical (unpaired) electrons. The van der Waals surface area contributed by atoms with E-state index in [-0.39, 0.29) is 12.8 Å². The average Bonchev–Trinajstić information content (AvgIpc) is 2.95. The Bertz CT molecular complexity index is 1350. The summed E-state index contributed by atoms with van der Waals surface area (Å²) in [6.07, 6.45) is -2.90. The van der Waals surface area contributed by atoms with E-state index in [1.54, 1.807) is 60.7 Å². The highest BCUT2D eigenvalue weighted by molar-refractivity contribution is 5.95. The van der Waals surface area contributed by atoms with E-state index in [0.717, 1.165) is 0 Å². The Morgan fingerprint density at radius 1 is 0.568 bits per heavy atom. The highest BCUT2D eigenvalue weighted by Gasteiger charge is 2.41. The van der Waals surface area contributed by atoms with Crippen LogP contribution in [0.3, 0.4) is 0 Å². The summed E-state index contributed by atoms with van der Waals surface area (Å²) in [5.74, 6) is -5.24. The fraction of sp³-hybridized carbons (Fsp3) is 0.438. The molecule has 0 unspecified atom stereocenters. The van der Waals surface area contributed by atoms with Gasteiger partial charge in [-0.2, -0.15) is 0 Å². The van der Waals surface area contributed by atoms with Crippen LogP contribution in [0, 0.1) is 0 Å². The lowest BCUT2D eigenvalue weighted by molar-refractivity contribution is -0.168. The van der Waals surface area contributed by atoms with Crippen LogP contribution in [0.4, 0.5) is 0 Å². The minimum Gasteiger partial charge on any atom is -0.454 e. The van der Waals surface area contributed by atoms with Gasteiger partial charge in [0.15, 0.2) is 18.8 Å². The molecule has 12 nitrogen and oxygen atoms in total. The van der Waals surface area contributed by atoms with Crippen LogP contribution in [-0.4, -0.2) is 71.1 Å². The molecular formula is C32H39N3O9. The summed E-state index contributed by atoms with van der Waals surface area (Å²) in [5, 5.41) is 7.54. The van der Waals surface area contributed by atoms with Gasteiger partial charge in [-0.1, -0.05) is 60.7 Å². The van der Waals surface area contributed by atoms with Crippen molar-refractivity contribution in [3.8, 4) is 0 Å². The molecule has 3 rings (SSSR count). The zero-order valence-corrected chi connectivity index (χ0v) is 25.7. The van der Waals surface area contributed by atoms with Crippen LogP contribution in [0.15, 0.2) is 60.7 Å². The second-order valence-electron chi connectivity index (χ2n) is 12.1. The van der Waals surface area contributed by atoms with Crippen LogP contribution >= 0.6 is 0 Å². The Morgan fingerprint density at radius 3 is 1.34 bits per heavy atom. The van der Waals surface area contributed by atoms with Crippen molar-refractivity contribution in [2.45, 2.75) is 83.2 Å². The molecule has 3 N–H and O–H groups in total. The number of hydrogen-bond donors (Lipinski definition) is 3. The Labute approximate surface area is 256 Å². The van der Waals surface area contributed by atoms with Gasteiger partial charge < -0.3 is 30.2 Å². The fourth-order valence-corrected chi connectivity index (χ4v) is 4.21. The number of cyclic esters (lactones) is 3. The third-order valence-corrected chi connectivity index (χ3v) is 6.80. The maximum Gasteiger partial charge on any atom is 0.332 e. The van der Waals surface area contributed by atoms with E-state index in [1.807, 2.05) is 0 Å². The number of carbonyl (C=O) groups is 6. The largest absolute Gasteiger partial charge is 0.454 e. The smallest absolute Gasteiger partial charge is 0.332 e. The zero-order valence-electron chi connectivity index (χ0n) is 25.7. The summed E-state index contributed by atoms with van der Waals surface area (Å²) in [6.45, 7) is 7.46. The van der Waals surface area contributed by atoms with E-state index < -0.39 is 71.1 Å². The summed E-state index contributed by atoms with van der Waals surface area (Å²) in [7, 11) is 0. The first-order valence-electron chi connectivity index (χ1n) is 14.1. The molecule has 1 fully saturated rings. The summed E-state index contributed by atoms with van der Waals surface area (Å²) in [6, 6.07) is 17.5. The molecule has 2 aromatic carbocycles. The van der Waals surface area contributed by atoms with Gasteiger partial charge in [-0.3, -0.25) is 14.4 Å². The molecule has 0 aromatic heterocycles. The third kappa shape index (κ3) is 9.13.